The molecule has 0 unspecified atom stereocenters. The minimum absolute atomic E-state index is 0.185. The monoisotopic (exact) mass is 407 g/mol. The van der Waals surface area contributed by atoms with Crippen molar-refractivity contribution in [2.75, 3.05) is 5.32 Å². The molecule has 0 saturated carbocycles. The first kappa shape index (κ1) is 20.2. The molecule has 0 spiro atoms. The molecule has 2 aromatic heterocycles. The molecule has 0 bridgehead atoms. The first-order valence-electron chi connectivity index (χ1n) is 8.44. The normalized spacial score (nSPS) is 11.3. The quantitative estimate of drug-likeness (QED) is 0.609. The minimum Gasteiger partial charge on any atom is -0.456 e. The number of carbonyl (C=O) groups excluding carboxylic acids is 2. The van der Waals surface area contributed by atoms with Crippen LogP contribution in [0.25, 0.3) is 0 Å². The van der Waals surface area contributed by atoms with E-state index >= 15 is 0 Å². The molecule has 0 aliphatic rings. The van der Waals surface area contributed by atoms with Gasteiger partial charge in [0, 0.05) is 19.2 Å². The molecule has 3 rings (SSSR count). The molecule has 1 amide bonds. The molecular weight excluding hydrogens is 391 g/mol. The zero-order valence-corrected chi connectivity index (χ0v) is 15.2. The van der Waals surface area contributed by atoms with Gasteiger partial charge in [-0.25, -0.2) is 4.79 Å². The Labute approximate surface area is 163 Å². The molecule has 29 heavy (non-hydrogen) atoms. The Morgan fingerprint density at radius 2 is 1.86 bits per heavy atom. The molecule has 152 valence electrons. The first-order valence-corrected chi connectivity index (χ1v) is 8.44. The number of furan rings is 1. The zero-order chi connectivity index (χ0) is 21.0. The van der Waals surface area contributed by atoms with E-state index in [9.17, 15) is 22.8 Å². The minimum atomic E-state index is -4.42. The number of rotatable bonds is 6. The Morgan fingerprint density at radius 1 is 1.14 bits per heavy atom. The third kappa shape index (κ3) is 5.47. The predicted molar refractivity (Wildman–Crippen MR) is 95.3 cm³/mol. The van der Waals surface area contributed by atoms with Gasteiger partial charge < -0.3 is 9.15 Å². The van der Waals surface area contributed by atoms with Gasteiger partial charge in [-0.1, -0.05) is 12.1 Å². The van der Waals surface area contributed by atoms with Gasteiger partial charge >= 0.3 is 12.3 Å². The summed E-state index contributed by atoms with van der Waals surface area (Å²) in [5.41, 5.74) is -0.360. The lowest BCUT2D eigenvalue weighted by Crippen LogP contribution is -2.14. The number of benzene rings is 1. The van der Waals surface area contributed by atoms with Gasteiger partial charge in [0.1, 0.15) is 12.4 Å². The summed E-state index contributed by atoms with van der Waals surface area (Å²) in [6.07, 6.45) is -3.62. The highest BCUT2D eigenvalue weighted by Gasteiger charge is 2.29. The molecule has 0 radical (unpaired) electrons. The van der Waals surface area contributed by atoms with Crippen molar-refractivity contribution in [2.45, 2.75) is 26.3 Å². The van der Waals surface area contributed by atoms with Crippen LogP contribution in [0.1, 0.15) is 34.4 Å². The van der Waals surface area contributed by atoms with E-state index in [1.807, 2.05) is 0 Å². The Kier molecular flexibility index (Phi) is 5.71. The van der Waals surface area contributed by atoms with Crippen molar-refractivity contribution in [3.63, 3.8) is 0 Å². The van der Waals surface area contributed by atoms with Crippen molar-refractivity contribution in [2.24, 2.45) is 0 Å². The maximum Gasteiger partial charge on any atom is 0.416 e. The Morgan fingerprint density at radius 3 is 2.48 bits per heavy atom. The molecule has 3 aromatic rings. The van der Waals surface area contributed by atoms with E-state index < -0.39 is 17.8 Å². The summed E-state index contributed by atoms with van der Waals surface area (Å²) < 4.78 is 49.4. The highest BCUT2D eigenvalue weighted by Crippen LogP contribution is 2.29. The fourth-order valence-corrected chi connectivity index (χ4v) is 2.41. The van der Waals surface area contributed by atoms with Gasteiger partial charge in [-0.3, -0.25) is 14.8 Å². The number of nitrogens with one attached hydrogen (secondary N) is 1. The number of ketones is 1. The molecule has 1 N–H and O–H groups in total. The largest absolute Gasteiger partial charge is 0.456 e. The second-order valence-corrected chi connectivity index (χ2v) is 6.12. The predicted octanol–water partition coefficient (Wildman–Crippen LogP) is 4.49. The number of carbonyl (C=O) groups is 2. The summed E-state index contributed by atoms with van der Waals surface area (Å²) in [5.74, 6) is 0.808. The van der Waals surface area contributed by atoms with Crippen LogP contribution in [0.2, 0.25) is 0 Å². The summed E-state index contributed by atoms with van der Waals surface area (Å²) in [7, 11) is 0. The van der Waals surface area contributed by atoms with Gasteiger partial charge in [0.05, 0.1) is 12.1 Å². The second kappa shape index (κ2) is 8.21. The van der Waals surface area contributed by atoms with Gasteiger partial charge in [-0.2, -0.15) is 18.3 Å². The van der Waals surface area contributed by atoms with Crippen LogP contribution >= 0.6 is 0 Å². The fraction of sp³-hybridized carbons (Fsp3) is 0.211. The van der Waals surface area contributed by atoms with Crippen LogP contribution in [-0.4, -0.2) is 21.7 Å². The number of halogens is 3. The lowest BCUT2D eigenvalue weighted by atomic mass is 10.1. The fourth-order valence-electron chi connectivity index (χ4n) is 2.41. The van der Waals surface area contributed by atoms with E-state index in [4.69, 9.17) is 9.15 Å². The smallest absolute Gasteiger partial charge is 0.416 e. The molecule has 0 aliphatic carbocycles. The van der Waals surface area contributed by atoms with Crippen LogP contribution in [0, 0.1) is 0 Å². The van der Waals surface area contributed by atoms with Crippen LogP contribution in [0.4, 0.5) is 23.8 Å². The number of alkyl halides is 3. The molecule has 0 atom stereocenters. The van der Waals surface area contributed by atoms with Gasteiger partial charge in [0.25, 0.3) is 0 Å². The van der Waals surface area contributed by atoms with Crippen LogP contribution < -0.4 is 5.32 Å². The molecule has 7 nitrogen and oxygen atoms in total. The number of hydrogen-bond donors (Lipinski definition) is 1. The maximum atomic E-state index is 12.5. The van der Waals surface area contributed by atoms with E-state index in [1.54, 1.807) is 18.3 Å². The van der Waals surface area contributed by atoms with Crippen molar-refractivity contribution in [1.82, 2.24) is 9.78 Å². The van der Waals surface area contributed by atoms with Gasteiger partial charge in [-0.05, 0) is 29.8 Å². The average molecular weight is 407 g/mol. The zero-order valence-electron chi connectivity index (χ0n) is 15.2. The molecule has 10 heteroatoms. The number of amides is 1. The van der Waals surface area contributed by atoms with Crippen molar-refractivity contribution in [1.29, 1.82) is 0 Å². The van der Waals surface area contributed by atoms with Crippen molar-refractivity contribution in [3.05, 3.63) is 71.3 Å². The number of hydrogen-bond acceptors (Lipinski definition) is 5. The van der Waals surface area contributed by atoms with Gasteiger partial charge in [0.2, 0.25) is 0 Å². The van der Waals surface area contributed by atoms with Crippen LogP contribution in [0.3, 0.4) is 0 Å². The SMILES string of the molecule is CC(=O)c1ccc(Cn2ccc(NC(=O)OCc3ccc(C(F)(F)F)cc3)n2)o1. The van der Waals surface area contributed by atoms with Crippen molar-refractivity contribution >= 4 is 17.7 Å². The van der Waals surface area contributed by atoms with E-state index in [0.717, 1.165) is 12.1 Å². The summed E-state index contributed by atoms with van der Waals surface area (Å²) in [6, 6.07) is 9.08. The molecule has 0 saturated heterocycles. The lowest BCUT2D eigenvalue weighted by molar-refractivity contribution is -0.137. The van der Waals surface area contributed by atoms with E-state index in [0.29, 0.717) is 11.3 Å². The second-order valence-electron chi connectivity index (χ2n) is 6.12. The van der Waals surface area contributed by atoms with E-state index in [2.05, 4.69) is 10.4 Å². The van der Waals surface area contributed by atoms with Crippen molar-refractivity contribution < 1.29 is 31.9 Å². The van der Waals surface area contributed by atoms with Gasteiger partial charge in [0.15, 0.2) is 17.4 Å². The van der Waals surface area contributed by atoms with Gasteiger partial charge in [-0.15, -0.1) is 0 Å². The summed E-state index contributed by atoms with van der Waals surface area (Å²) in [5, 5.41) is 6.55. The highest BCUT2D eigenvalue weighted by atomic mass is 19.4. The summed E-state index contributed by atoms with van der Waals surface area (Å²) >= 11 is 0. The molecule has 2 heterocycles. The maximum absolute atomic E-state index is 12.5. The number of nitrogens with zero attached hydrogens (tertiary/aromatic N) is 2. The molecule has 0 fully saturated rings. The van der Waals surface area contributed by atoms with Crippen molar-refractivity contribution in [3.8, 4) is 0 Å². The highest BCUT2D eigenvalue weighted by molar-refractivity contribution is 5.91. The molecular formula is C19H16F3N3O4. The van der Waals surface area contributed by atoms with E-state index in [1.165, 1.54) is 29.8 Å². The van der Waals surface area contributed by atoms with Crippen LogP contribution in [0.5, 0.6) is 0 Å². The Hall–Kier alpha value is -3.56. The lowest BCUT2D eigenvalue weighted by Gasteiger charge is -2.08. The Balaban J connectivity index is 1.50. The Bertz CT molecular complexity index is 1010. The number of ether oxygens (including phenoxy) is 1. The van der Waals surface area contributed by atoms with E-state index in [-0.39, 0.29) is 30.5 Å². The topological polar surface area (TPSA) is 86.4 Å². The first-order chi connectivity index (χ1) is 13.7. The number of Topliss-reactive ketones (excluding diaryl/α,β-unsaturated/α-hetero) is 1. The number of anilines is 1. The number of aromatic nitrogens is 2. The summed E-state index contributed by atoms with van der Waals surface area (Å²) in [4.78, 5) is 23.1. The van der Waals surface area contributed by atoms with Crippen LogP contribution in [0.15, 0.2) is 53.1 Å². The summed E-state index contributed by atoms with van der Waals surface area (Å²) in [6.45, 7) is 1.47. The third-order valence-electron chi connectivity index (χ3n) is 3.85. The molecule has 1 aromatic carbocycles. The average Bonchev–Trinajstić information content (AvgIpc) is 3.30. The standard InChI is InChI=1S/C19H16F3N3O4/c1-12(26)16-7-6-15(29-16)10-25-9-8-17(24-25)23-18(27)28-11-13-2-4-14(5-3-13)19(20,21)22/h2-9H,10-11H2,1H3,(H,23,24,27). The van der Waals surface area contributed by atoms with Crippen LogP contribution in [-0.2, 0) is 24.1 Å². The third-order valence-corrected chi connectivity index (χ3v) is 3.85. The molecule has 0 aliphatic heterocycles.